The summed E-state index contributed by atoms with van der Waals surface area (Å²) < 4.78 is 26.0. The van der Waals surface area contributed by atoms with E-state index in [0.717, 1.165) is 31.6 Å². The summed E-state index contributed by atoms with van der Waals surface area (Å²) in [5, 5.41) is 7.56. The van der Waals surface area contributed by atoms with E-state index in [1.165, 1.54) is 4.68 Å². The lowest BCUT2D eigenvalue weighted by Gasteiger charge is -2.09. The van der Waals surface area contributed by atoms with Crippen LogP contribution in [0, 0.1) is 0 Å². The molecule has 1 aromatic rings. The highest BCUT2D eigenvalue weighted by Crippen LogP contribution is 2.11. The molecule has 0 saturated carbocycles. The highest BCUT2D eigenvalue weighted by molar-refractivity contribution is 7.91. The van der Waals surface area contributed by atoms with Crippen LogP contribution in [0.3, 0.4) is 0 Å². The van der Waals surface area contributed by atoms with Gasteiger partial charge < -0.3 is 5.32 Å². The summed E-state index contributed by atoms with van der Waals surface area (Å²) in [6, 6.07) is 0.0212. The van der Waals surface area contributed by atoms with Crippen molar-refractivity contribution in [1.82, 2.24) is 19.7 Å². The van der Waals surface area contributed by atoms with E-state index >= 15 is 0 Å². The van der Waals surface area contributed by atoms with Crippen LogP contribution in [0.4, 0.5) is 0 Å². The first kappa shape index (κ1) is 13.8. The van der Waals surface area contributed by atoms with Gasteiger partial charge in [0.15, 0.2) is 9.84 Å². The van der Waals surface area contributed by atoms with Crippen molar-refractivity contribution in [1.29, 1.82) is 0 Å². The molecule has 2 aliphatic heterocycles. The van der Waals surface area contributed by atoms with Crippen molar-refractivity contribution < 1.29 is 8.42 Å². The normalized spacial score (nSPS) is 24.7. The molecule has 0 amide bonds. The summed E-state index contributed by atoms with van der Waals surface area (Å²) in [4.78, 5) is 12.1. The number of rotatable bonds is 4. The van der Waals surface area contributed by atoms with Crippen LogP contribution in [0.15, 0.2) is 4.79 Å². The van der Waals surface area contributed by atoms with E-state index in [4.69, 9.17) is 0 Å². The summed E-state index contributed by atoms with van der Waals surface area (Å²) in [6.07, 6.45) is 3.67. The van der Waals surface area contributed by atoms with E-state index in [2.05, 4.69) is 10.4 Å². The van der Waals surface area contributed by atoms with Gasteiger partial charge in [-0.1, -0.05) is 0 Å². The molecule has 0 aliphatic carbocycles. The zero-order valence-corrected chi connectivity index (χ0v) is 12.2. The van der Waals surface area contributed by atoms with E-state index < -0.39 is 9.84 Å². The van der Waals surface area contributed by atoms with Crippen molar-refractivity contribution in [2.45, 2.75) is 44.8 Å². The van der Waals surface area contributed by atoms with Gasteiger partial charge in [0.2, 0.25) is 0 Å². The van der Waals surface area contributed by atoms with Crippen LogP contribution in [0.25, 0.3) is 0 Å². The van der Waals surface area contributed by atoms with Crippen molar-refractivity contribution in [3.8, 4) is 0 Å². The standard InChI is InChI=1S/C12H20N4O3S/c17-12-15-6-2-1-3-11(15)14-16(12)7-5-13-10-4-8-20(18,19)9-10/h10,13H,1-9H2. The van der Waals surface area contributed by atoms with Crippen LogP contribution >= 0.6 is 0 Å². The summed E-state index contributed by atoms with van der Waals surface area (Å²) in [7, 11) is -2.85. The molecule has 1 saturated heterocycles. The highest BCUT2D eigenvalue weighted by Gasteiger charge is 2.27. The van der Waals surface area contributed by atoms with Gasteiger partial charge in [0.05, 0.1) is 18.1 Å². The number of hydrogen-bond acceptors (Lipinski definition) is 5. The van der Waals surface area contributed by atoms with Crippen molar-refractivity contribution in [3.63, 3.8) is 0 Å². The minimum atomic E-state index is -2.85. The number of sulfone groups is 1. The molecule has 0 radical (unpaired) electrons. The van der Waals surface area contributed by atoms with Crippen LogP contribution in [0.5, 0.6) is 0 Å². The third kappa shape index (κ3) is 2.80. The van der Waals surface area contributed by atoms with Gasteiger partial charge in [-0.25, -0.2) is 17.9 Å². The van der Waals surface area contributed by atoms with Crippen molar-refractivity contribution in [2.24, 2.45) is 0 Å². The Labute approximate surface area is 117 Å². The van der Waals surface area contributed by atoms with Gasteiger partial charge in [-0.3, -0.25) is 4.57 Å². The second kappa shape index (κ2) is 5.33. The first-order valence-corrected chi connectivity index (χ1v) is 8.98. The number of hydrogen-bond donors (Lipinski definition) is 1. The Hall–Kier alpha value is -1.15. The molecular formula is C12H20N4O3S. The topological polar surface area (TPSA) is 86.0 Å². The Balaban J connectivity index is 1.57. The fourth-order valence-corrected chi connectivity index (χ4v) is 4.63. The predicted octanol–water partition coefficient (Wildman–Crippen LogP) is -0.842. The molecule has 1 atom stereocenters. The summed E-state index contributed by atoms with van der Waals surface area (Å²) in [5.41, 5.74) is -0.0412. The fraction of sp³-hybridized carbons (Fsp3) is 0.833. The van der Waals surface area contributed by atoms with Gasteiger partial charge in [0.25, 0.3) is 0 Å². The van der Waals surface area contributed by atoms with Crippen LogP contribution in [0.2, 0.25) is 0 Å². The zero-order chi connectivity index (χ0) is 14.2. The van der Waals surface area contributed by atoms with Crippen LogP contribution < -0.4 is 11.0 Å². The molecule has 7 nitrogen and oxygen atoms in total. The molecule has 3 heterocycles. The summed E-state index contributed by atoms with van der Waals surface area (Å²) in [5.74, 6) is 1.36. The van der Waals surface area contributed by atoms with Crippen molar-refractivity contribution in [3.05, 3.63) is 16.3 Å². The molecule has 20 heavy (non-hydrogen) atoms. The largest absolute Gasteiger partial charge is 0.345 e. The molecule has 1 unspecified atom stereocenters. The Kier molecular flexibility index (Phi) is 3.68. The molecule has 1 N–H and O–H groups in total. The molecule has 2 aliphatic rings. The second-order valence-electron chi connectivity index (χ2n) is 5.58. The maximum Gasteiger partial charge on any atom is 0.345 e. The average molecular weight is 300 g/mol. The molecule has 1 fully saturated rings. The molecule has 8 heteroatoms. The van der Waals surface area contributed by atoms with Gasteiger partial charge >= 0.3 is 5.69 Å². The lowest BCUT2D eigenvalue weighted by Crippen LogP contribution is -2.35. The van der Waals surface area contributed by atoms with Gasteiger partial charge in [-0.2, -0.15) is 5.10 Å². The molecule has 112 valence electrons. The van der Waals surface area contributed by atoms with Gasteiger partial charge in [-0.05, 0) is 19.3 Å². The Morgan fingerprint density at radius 1 is 1.35 bits per heavy atom. The SMILES string of the molecule is O=c1n(CCNC2CCS(=O)(=O)C2)nc2n1CCCC2. The molecule has 0 aromatic carbocycles. The second-order valence-corrected chi connectivity index (χ2v) is 7.81. The third-order valence-corrected chi connectivity index (χ3v) is 5.79. The fourth-order valence-electron chi connectivity index (χ4n) is 2.92. The Morgan fingerprint density at radius 3 is 2.90 bits per heavy atom. The number of aryl methyl sites for hydroxylation is 1. The quantitative estimate of drug-likeness (QED) is 0.783. The maximum absolute atomic E-state index is 12.1. The Bertz CT molecular complexity index is 646. The average Bonchev–Trinajstić information content (AvgIpc) is 2.91. The van der Waals surface area contributed by atoms with Gasteiger partial charge in [0.1, 0.15) is 5.82 Å². The molecule has 0 spiro atoms. The molecule has 3 rings (SSSR count). The van der Waals surface area contributed by atoms with Crippen molar-refractivity contribution in [2.75, 3.05) is 18.1 Å². The lowest BCUT2D eigenvalue weighted by molar-refractivity contribution is 0.486. The minimum Gasteiger partial charge on any atom is -0.311 e. The van der Waals surface area contributed by atoms with Crippen LogP contribution in [-0.4, -0.2) is 46.9 Å². The number of aromatic nitrogens is 3. The zero-order valence-electron chi connectivity index (χ0n) is 11.4. The van der Waals surface area contributed by atoms with Crippen LogP contribution in [-0.2, 0) is 29.3 Å². The maximum atomic E-state index is 12.1. The van der Waals surface area contributed by atoms with E-state index in [-0.39, 0.29) is 23.2 Å². The monoisotopic (exact) mass is 300 g/mol. The van der Waals surface area contributed by atoms with Gasteiger partial charge in [-0.15, -0.1) is 0 Å². The summed E-state index contributed by atoms with van der Waals surface area (Å²) in [6.45, 7) is 1.84. The smallest absolute Gasteiger partial charge is 0.311 e. The van der Waals surface area contributed by atoms with E-state index in [9.17, 15) is 13.2 Å². The minimum absolute atomic E-state index is 0.0212. The molecule has 1 aromatic heterocycles. The number of fused-ring (bicyclic) bond motifs is 1. The first-order valence-electron chi connectivity index (χ1n) is 7.15. The predicted molar refractivity (Wildman–Crippen MR) is 74.5 cm³/mol. The summed E-state index contributed by atoms with van der Waals surface area (Å²) >= 11 is 0. The van der Waals surface area contributed by atoms with Crippen LogP contribution in [0.1, 0.15) is 25.1 Å². The van der Waals surface area contributed by atoms with Crippen molar-refractivity contribution >= 4 is 9.84 Å². The van der Waals surface area contributed by atoms with E-state index in [0.29, 0.717) is 19.5 Å². The highest BCUT2D eigenvalue weighted by atomic mass is 32.2. The number of nitrogens with one attached hydrogen (secondary N) is 1. The lowest BCUT2D eigenvalue weighted by atomic mass is 10.2. The third-order valence-electron chi connectivity index (χ3n) is 4.02. The molecule has 0 bridgehead atoms. The number of nitrogens with zero attached hydrogens (tertiary/aromatic N) is 3. The van der Waals surface area contributed by atoms with E-state index in [1.807, 2.05) is 0 Å². The van der Waals surface area contributed by atoms with Gasteiger partial charge in [0, 0.05) is 25.6 Å². The Morgan fingerprint density at radius 2 is 2.20 bits per heavy atom. The first-order chi connectivity index (χ1) is 9.55. The molecular weight excluding hydrogens is 280 g/mol. The van der Waals surface area contributed by atoms with E-state index in [1.54, 1.807) is 4.57 Å².